The number of benzene rings is 1. The molecule has 1 heterocycles. The fourth-order valence-electron chi connectivity index (χ4n) is 2.26. The second kappa shape index (κ2) is 6.26. The maximum atomic E-state index is 11.9. The van der Waals surface area contributed by atoms with E-state index in [0.717, 1.165) is 18.4 Å². The lowest BCUT2D eigenvalue weighted by Crippen LogP contribution is -2.32. The Morgan fingerprint density at radius 2 is 2.42 bits per heavy atom. The Morgan fingerprint density at radius 3 is 3.16 bits per heavy atom. The zero-order valence-corrected chi connectivity index (χ0v) is 11.7. The number of hydrogen-bond donors (Lipinski definition) is 2. The number of amides is 1. The highest BCUT2D eigenvalue weighted by atomic mass is 35.5. The van der Waals surface area contributed by atoms with Crippen LogP contribution in [0.4, 0.5) is 0 Å². The van der Waals surface area contributed by atoms with Crippen LogP contribution < -0.4 is 15.8 Å². The molecular formula is C14H19ClN2O2. The molecule has 0 aromatic heterocycles. The van der Waals surface area contributed by atoms with Crippen LogP contribution in [-0.2, 0) is 4.79 Å². The molecule has 2 atom stereocenters. The maximum absolute atomic E-state index is 11.9. The van der Waals surface area contributed by atoms with Crippen molar-refractivity contribution in [1.82, 2.24) is 5.32 Å². The van der Waals surface area contributed by atoms with Gasteiger partial charge in [0.1, 0.15) is 5.75 Å². The molecule has 0 aliphatic carbocycles. The number of rotatable bonds is 3. The van der Waals surface area contributed by atoms with Crippen molar-refractivity contribution in [3.05, 3.63) is 28.8 Å². The van der Waals surface area contributed by atoms with E-state index in [4.69, 9.17) is 22.1 Å². The zero-order valence-electron chi connectivity index (χ0n) is 11.0. The quantitative estimate of drug-likeness (QED) is 0.895. The number of ether oxygens (including phenoxy) is 1. The van der Waals surface area contributed by atoms with Gasteiger partial charge in [-0.3, -0.25) is 4.79 Å². The van der Waals surface area contributed by atoms with Crippen LogP contribution in [0.5, 0.6) is 5.75 Å². The van der Waals surface area contributed by atoms with E-state index in [-0.39, 0.29) is 18.0 Å². The molecule has 3 N–H and O–H groups in total. The van der Waals surface area contributed by atoms with Crippen LogP contribution in [0.25, 0.3) is 0 Å². The van der Waals surface area contributed by atoms with Crippen LogP contribution in [0.1, 0.15) is 37.8 Å². The highest BCUT2D eigenvalue weighted by Crippen LogP contribution is 2.36. The van der Waals surface area contributed by atoms with E-state index >= 15 is 0 Å². The Kier molecular flexibility index (Phi) is 4.66. The molecule has 1 aliphatic rings. The topological polar surface area (TPSA) is 64.4 Å². The number of halogens is 1. The van der Waals surface area contributed by atoms with Crippen LogP contribution in [0.2, 0.25) is 5.02 Å². The Labute approximate surface area is 118 Å². The molecule has 2 unspecified atom stereocenters. The minimum absolute atomic E-state index is 0.0344. The van der Waals surface area contributed by atoms with Gasteiger partial charge in [0.05, 0.1) is 17.7 Å². The van der Waals surface area contributed by atoms with Crippen LogP contribution in [0.15, 0.2) is 18.2 Å². The first-order valence-corrected chi connectivity index (χ1v) is 6.92. The van der Waals surface area contributed by atoms with Gasteiger partial charge in [-0.25, -0.2) is 0 Å². The summed E-state index contributed by atoms with van der Waals surface area (Å²) < 4.78 is 5.66. The Morgan fingerprint density at radius 1 is 1.63 bits per heavy atom. The predicted molar refractivity (Wildman–Crippen MR) is 75.3 cm³/mol. The fourth-order valence-corrected chi connectivity index (χ4v) is 2.50. The van der Waals surface area contributed by atoms with E-state index in [1.807, 2.05) is 19.1 Å². The van der Waals surface area contributed by atoms with Crippen LogP contribution in [0, 0.1) is 0 Å². The number of nitrogens with two attached hydrogens (primary N) is 1. The monoisotopic (exact) mass is 282 g/mol. The summed E-state index contributed by atoms with van der Waals surface area (Å²) in [7, 11) is 0. The van der Waals surface area contributed by atoms with Gasteiger partial charge in [0.2, 0.25) is 5.91 Å². The minimum atomic E-state index is -0.138. The molecule has 0 radical (unpaired) electrons. The molecule has 2 rings (SSSR count). The average molecular weight is 283 g/mol. The van der Waals surface area contributed by atoms with Gasteiger partial charge in [-0.05, 0) is 25.8 Å². The third kappa shape index (κ3) is 3.61. The van der Waals surface area contributed by atoms with Gasteiger partial charge in [0.15, 0.2) is 0 Å². The van der Waals surface area contributed by atoms with Crippen molar-refractivity contribution in [2.24, 2.45) is 5.73 Å². The number of para-hydroxylation sites is 1. The number of fused-ring (bicyclic) bond motifs is 1. The van der Waals surface area contributed by atoms with Gasteiger partial charge >= 0.3 is 0 Å². The molecule has 0 bridgehead atoms. The average Bonchev–Trinajstić information content (AvgIpc) is 2.52. The number of nitrogens with one attached hydrogen (secondary N) is 1. The van der Waals surface area contributed by atoms with Crippen molar-refractivity contribution in [2.75, 3.05) is 6.61 Å². The first-order chi connectivity index (χ1) is 9.08. The summed E-state index contributed by atoms with van der Waals surface area (Å²) in [5.74, 6) is 0.653. The van der Waals surface area contributed by atoms with Crippen molar-refractivity contribution in [2.45, 2.75) is 38.3 Å². The molecule has 4 nitrogen and oxygen atoms in total. The number of hydrogen-bond acceptors (Lipinski definition) is 3. The standard InChI is InChI=1S/C14H19ClN2O2/c1-9(16)8-13(18)17-12-6-3-7-19-14-10(12)4-2-5-11(14)15/h2,4-5,9,12H,3,6-8,16H2,1H3,(H,17,18). The third-order valence-corrected chi connectivity index (χ3v) is 3.40. The number of carbonyl (C=O) groups is 1. The lowest BCUT2D eigenvalue weighted by atomic mass is 10.0. The molecule has 1 aliphatic heterocycles. The van der Waals surface area contributed by atoms with E-state index < -0.39 is 0 Å². The minimum Gasteiger partial charge on any atom is -0.492 e. The molecule has 1 amide bonds. The van der Waals surface area contributed by atoms with Crippen LogP contribution in [-0.4, -0.2) is 18.6 Å². The van der Waals surface area contributed by atoms with Gasteiger partial charge in [-0.2, -0.15) is 0 Å². The normalized spacial score (nSPS) is 19.8. The Bertz CT molecular complexity index is 463. The summed E-state index contributed by atoms with van der Waals surface area (Å²) in [6.07, 6.45) is 2.05. The molecular weight excluding hydrogens is 264 g/mol. The van der Waals surface area contributed by atoms with Crippen LogP contribution >= 0.6 is 11.6 Å². The first-order valence-electron chi connectivity index (χ1n) is 6.54. The molecule has 5 heteroatoms. The van der Waals surface area contributed by atoms with Gasteiger partial charge in [-0.1, -0.05) is 23.7 Å². The van der Waals surface area contributed by atoms with E-state index in [2.05, 4.69) is 5.32 Å². The third-order valence-electron chi connectivity index (χ3n) is 3.10. The SMILES string of the molecule is CC(N)CC(=O)NC1CCCOc2c(Cl)cccc21. The van der Waals surface area contributed by atoms with E-state index in [0.29, 0.717) is 23.8 Å². The van der Waals surface area contributed by atoms with E-state index in [9.17, 15) is 4.79 Å². The number of carbonyl (C=O) groups excluding carboxylic acids is 1. The molecule has 1 aromatic carbocycles. The first kappa shape index (κ1) is 14.2. The summed E-state index contributed by atoms with van der Waals surface area (Å²) in [6, 6.07) is 5.43. The summed E-state index contributed by atoms with van der Waals surface area (Å²) in [4.78, 5) is 11.9. The van der Waals surface area contributed by atoms with Gasteiger partial charge < -0.3 is 15.8 Å². The molecule has 104 valence electrons. The highest BCUT2D eigenvalue weighted by molar-refractivity contribution is 6.32. The van der Waals surface area contributed by atoms with Crippen molar-refractivity contribution >= 4 is 17.5 Å². The lowest BCUT2D eigenvalue weighted by molar-refractivity contribution is -0.122. The smallest absolute Gasteiger partial charge is 0.222 e. The molecule has 0 spiro atoms. The molecule has 0 saturated carbocycles. The van der Waals surface area contributed by atoms with Gasteiger partial charge in [-0.15, -0.1) is 0 Å². The highest BCUT2D eigenvalue weighted by Gasteiger charge is 2.23. The second-order valence-corrected chi connectivity index (χ2v) is 5.36. The molecule has 0 saturated heterocycles. The van der Waals surface area contributed by atoms with Crippen molar-refractivity contribution in [3.63, 3.8) is 0 Å². The van der Waals surface area contributed by atoms with Crippen LogP contribution in [0.3, 0.4) is 0 Å². The van der Waals surface area contributed by atoms with Crippen molar-refractivity contribution in [3.8, 4) is 5.75 Å². The van der Waals surface area contributed by atoms with Crippen molar-refractivity contribution in [1.29, 1.82) is 0 Å². The summed E-state index contributed by atoms with van der Waals surface area (Å²) in [5, 5.41) is 3.60. The predicted octanol–water partition coefficient (Wildman–Crippen LogP) is 2.41. The zero-order chi connectivity index (χ0) is 13.8. The van der Waals surface area contributed by atoms with E-state index in [1.165, 1.54) is 0 Å². The fraction of sp³-hybridized carbons (Fsp3) is 0.500. The van der Waals surface area contributed by atoms with Crippen molar-refractivity contribution < 1.29 is 9.53 Å². The second-order valence-electron chi connectivity index (χ2n) is 4.95. The Hall–Kier alpha value is -1.26. The summed E-state index contributed by atoms with van der Waals surface area (Å²) >= 11 is 6.14. The van der Waals surface area contributed by atoms with E-state index in [1.54, 1.807) is 6.07 Å². The summed E-state index contributed by atoms with van der Waals surface area (Å²) in [5.41, 5.74) is 6.59. The van der Waals surface area contributed by atoms with Gasteiger partial charge in [0, 0.05) is 18.0 Å². The molecule has 0 fully saturated rings. The Balaban J connectivity index is 2.18. The molecule has 19 heavy (non-hydrogen) atoms. The largest absolute Gasteiger partial charge is 0.492 e. The lowest BCUT2D eigenvalue weighted by Gasteiger charge is -2.19. The van der Waals surface area contributed by atoms with Gasteiger partial charge in [0.25, 0.3) is 0 Å². The summed E-state index contributed by atoms with van der Waals surface area (Å²) in [6.45, 7) is 2.44. The molecule has 1 aromatic rings. The maximum Gasteiger partial charge on any atom is 0.222 e.